The van der Waals surface area contributed by atoms with Crippen molar-refractivity contribution in [3.8, 4) is 11.3 Å². The Bertz CT molecular complexity index is 1020. The van der Waals surface area contributed by atoms with Crippen LogP contribution in [0.3, 0.4) is 0 Å². The fourth-order valence-corrected chi connectivity index (χ4v) is 2.62. The van der Waals surface area contributed by atoms with Gasteiger partial charge in [-0.3, -0.25) is 0 Å². The molecule has 2 aromatic carbocycles. The number of anilines is 1. The zero-order valence-electron chi connectivity index (χ0n) is 15.5. The Morgan fingerprint density at radius 3 is 2.41 bits per heavy atom. The summed E-state index contributed by atoms with van der Waals surface area (Å²) in [6.07, 6.45) is 0. The van der Waals surface area contributed by atoms with E-state index in [0.717, 1.165) is 12.1 Å². The van der Waals surface area contributed by atoms with Gasteiger partial charge in [0.25, 0.3) is 0 Å². The topological polar surface area (TPSA) is 55.3 Å². The van der Waals surface area contributed by atoms with E-state index in [9.17, 15) is 13.6 Å². The average molecular weight is 371 g/mol. The van der Waals surface area contributed by atoms with Gasteiger partial charge in [0.05, 0.1) is 23.7 Å². The number of hydrogen-bond donors (Lipinski definition) is 0. The average Bonchev–Trinajstić information content (AvgIpc) is 2.67. The molecule has 0 unspecified atom stereocenters. The molecule has 7 heteroatoms. The third-order valence-electron chi connectivity index (χ3n) is 4.37. The number of fused-ring (bicyclic) bond motifs is 1. The number of rotatable bonds is 4. The van der Waals surface area contributed by atoms with E-state index in [4.69, 9.17) is 4.74 Å². The smallest absolute Gasteiger partial charge is 0.337 e. The molecule has 0 saturated carbocycles. The molecule has 27 heavy (non-hydrogen) atoms. The molecule has 0 N–H and O–H groups in total. The Balaban J connectivity index is 2.25. The minimum absolute atomic E-state index is 0.0876. The quantitative estimate of drug-likeness (QED) is 0.643. The van der Waals surface area contributed by atoms with Crippen LogP contribution in [0.4, 0.5) is 14.6 Å². The second kappa shape index (κ2) is 7.26. The summed E-state index contributed by atoms with van der Waals surface area (Å²) in [4.78, 5) is 22.9. The molecule has 0 spiro atoms. The molecule has 0 atom stereocenters. The van der Waals surface area contributed by atoms with Crippen LogP contribution in [0, 0.1) is 11.6 Å². The highest BCUT2D eigenvalue weighted by molar-refractivity contribution is 5.94. The fourth-order valence-electron chi connectivity index (χ4n) is 2.62. The minimum atomic E-state index is -0.950. The first-order valence-corrected chi connectivity index (χ1v) is 8.40. The van der Waals surface area contributed by atoms with Crippen molar-refractivity contribution in [3.05, 3.63) is 53.6 Å². The van der Waals surface area contributed by atoms with Crippen molar-refractivity contribution in [1.82, 2.24) is 9.97 Å². The molecule has 0 aliphatic carbocycles. The summed E-state index contributed by atoms with van der Waals surface area (Å²) < 4.78 is 31.8. The molecule has 0 amide bonds. The number of esters is 1. The van der Waals surface area contributed by atoms with Gasteiger partial charge >= 0.3 is 5.97 Å². The van der Waals surface area contributed by atoms with Crippen LogP contribution in [0.5, 0.6) is 0 Å². The van der Waals surface area contributed by atoms with E-state index >= 15 is 0 Å². The van der Waals surface area contributed by atoms with Crippen molar-refractivity contribution in [3.63, 3.8) is 0 Å². The Morgan fingerprint density at radius 1 is 1.04 bits per heavy atom. The summed E-state index contributed by atoms with van der Waals surface area (Å²) in [5.41, 5.74) is 2.25. The van der Waals surface area contributed by atoms with E-state index < -0.39 is 17.6 Å². The molecule has 3 rings (SSSR count). The summed E-state index contributed by atoms with van der Waals surface area (Å²) in [5, 5.41) is 0. The first-order chi connectivity index (χ1) is 12.8. The van der Waals surface area contributed by atoms with Crippen LogP contribution in [-0.2, 0) is 4.74 Å². The van der Waals surface area contributed by atoms with Crippen LogP contribution < -0.4 is 4.90 Å². The number of halogens is 2. The van der Waals surface area contributed by atoms with Gasteiger partial charge in [-0.15, -0.1) is 0 Å². The maximum atomic E-state index is 13.8. The van der Waals surface area contributed by atoms with Crippen LogP contribution in [0.15, 0.2) is 36.4 Å². The molecule has 0 radical (unpaired) electrons. The first-order valence-electron chi connectivity index (χ1n) is 8.40. The molecule has 5 nitrogen and oxygen atoms in total. The first kappa shape index (κ1) is 18.7. The molecule has 0 fully saturated rings. The number of nitrogens with zero attached hydrogens (tertiary/aromatic N) is 3. The highest BCUT2D eigenvalue weighted by atomic mass is 19.2. The Kier molecular flexibility index (Phi) is 5.03. The predicted octanol–water partition coefficient (Wildman–Crippen LogP) is 4.21. The number of carbonyl (C=O) groups excluding carboxylic acids is 1. The lowest BCUT2D eigenvalue weighted by molar-refractivity contribution is 0.0601. The molecule has 0 aliphatic rings. The number of ether oxygens (including phenoxy) is 1. The Hall–Kier alpha value is -3.09. The lowest BCUT2D eigenvalue weighted by Crippen LogP contribution is -2.27. The highest BCUT2D eigenvalue weighted by Crippen LogP contribution is 2.31. The van der Waals surface area contributed by atoms with Crippen LogP contribution in [-0.4, -0.2) is 36.1 Å². The second-order valence-electron chi connectivity index (χ2n) is 6.42. The second-order valence-corrected chi connectivity index (χ2v) is 6.42. The van der Waals surface area contributed by atoms with Gasteiger partial charge in [0.2, 0.25) is 0 Å². The highest BCUT2D eigenvalue weighted by Gasteiger charge is 2.19. The molecule has 3 aromatic rings. The SMILES string of the molecule is COC(=O)c1ccc2nc(-c3ccc(F)c(F)c3)c(N(C)C(C)C)nc2c1. The van der Waals surface area contributed by atoms with Crippen molar-refractivity contribution < 1.29 is 18.3 Å². The van der Waals surface area contributed by atoms with E-state index in [-0.39, 0.29) is 6.04 Å². The van der Waals surface area contributed by atoms with Gasteiger partial charge in [0, 0.05) is 18.7 Å². The Morgan fingerprint density at radius 2 is 1.78 bits per heavy atom. The summed E-state index contributed by atoms with van der Waals surface area (Å²) in [5.74, 6) is -1.84. The van der Waals surface area contributed by atoms with E-state index in [1.165, 1.54) is 13.2 Å². The number of carbonyl (C=O) groups is 1. The van der Waals surface area contributed by atoms with Crippen molar-refractivity contribution in [2.24, 2.45) is 0 Å². The number of aromatic nitrogens is 2. The number of benzene rings is 2. The molecular weight excluding hydrogens is 352 g/mol. The fraction of sp³-hybridized carbons (Fsp3) is 0.250. The lowest BCUT2D eigenvalue weighted by Gasteiger charge is -2.25. The lowest BCUT2D eigenvalue weighted by atomic mass is 10.1. The van der Waals surface area contributed by atoms with E-state index in [1.807, 2.05) is 25.8 Å². The van der Waals surface area contributed by atoms with E-state index in [0.29, 0.717) is 33.7 Å². The van der Waals surface area contributed by atoms with Gasteiger partial charge in [-0.1, -0.05) is 0 Å². The number of hydrogen-bond acceptors (Lipinski definition) is 5. The van der Waals surface area contributed by atoms with Crippen LogP contribution in [0.25, 0.3) is 22.3 Å². The normalized spacial score (nSPS) is 11.1. The summed E-state index contributed by atoms with van der Waals surface area (Å²) >= 11 is 0. The van der Waals surface area contributed by atoms with Gasteiger partial charge in [-0.25, -0.2) is 23.5 Å². The maximum absolute atomic E-state index is 13.8. The largest absolute Gasteiger partial charge is 0.465 e. The maximum Gasteiger partial charge on any atom is 0.337 e. The zero-order valence-corrected chi connectivity index (χ0v) is 15.5. The van der Waals surface area contributed by atoms with Crippen LogP contribution in [0.2, 0.25) is 0 Å². The van der Waals surface area contributed by atoms with Crippen molar-refractivity contribution >= 4 is 22.8 Å². The van der Waals surface area contributed by atoms with Gasteiger partial charge < -0.3 is 9.64 Å². The van der Waals surface area contributed by atoms with Crippen molar-refractivity contribution in [2.75, 3.05) is 19.1 Å². The van der Waals surface area contributed by atoms with Gasteiger partial charge in [0.15, 0.2) is 17.5 Å². The molecule has 1 aromatic heterocycles. The van der Waals surface area contributed by atoms with Crippen LogP contribution >= 0.6 is 0 Å². The predicted molar refractivity (Wildman–Crippen MR) is 99.8 cm³/mol. The van der Waals surface area contributed by atoms with Gasteiger partial charge in [0.1, 0.15) is 5.69 Å². The molecular formula is C20H19F2N3O2. The third kappa shape index (κ3) is 3.58. The van der Waals surface area contributed by atoms with Gasteiger partial charge in [-0.2, -0.15) is 0 Å². The van der Waals surface area contributed by atoms with Crippen molar-refractivity contribution in [1.29, 1.82) is 0 Å². The monoisotopic (exact) mass is 371 g/mol. The van der Waals surface area contributed by atoms with E-state index in [2.05, 4.69) is 9.97 Å². The number of methoxy groups -OCH3 is 1. The summed E-state index contributed by atoms with van der Waals surface area (Å²) in [7, 11) is 3.15. The molecule has 0 aliphatic heterocycles. The Labute approximate surface area is 155 Å². The zero-order chi connectivity index (χ0) is 19.7. The van der Waals surface area contributed by atoms with Gasteiger partial charge in [-0.05, 0) is 50.2 Å². The molecule has 140 valence electrons. The summed E-state index contributed by atoms with van der Waals surface area (Å²) in [6, 6.07) is 8.56. The molecule has 0 saturated heterocycles. The molecule has 1 heterocycles. The van der Waals surface area contributed by atoms with Crippen LogP contribution in [0.1, 0.15) is 24.2 Å². The molecule has 0 bridgehead atoms. The minimum Gasteiger partial charge on any atom is -0.465 e. The van der Waals surface area contributed by atoms with Crippen molar-refractivity contribution in [2.45, 2.75) is 19.9 Å². The van der Waals surface area contributed by atoms with E-state index in [1.54, 1.807) is 18.2 Å². The summed E-state index contributed by atoms with van der Waals surface area (Å²) in [6.45, 7) is 3.96. The standard InChI is InChI=1S/C20H19F2N3O2/c1-11(2)25(3)19-18(12-5-7-14(21)15(22)9-12)23-16-8-6-13(20(26)27-4)10-17(16)24-19/h5-11H,1-4H3. The third-order valence-corrected chi connectivity index (χ3v) is 4.37.